The van der Waals surface area contributed by atoms with Crippen LogP contribution in [0.5, 0.6) is 0 Å². The second-order valence-corrected chi connectivity index (χ2v) is 7.47. The molecule has 2 aromatic rings. The van der Waals surface area contributed by atoms with Crippen LogP contribution in [0.3, 0.4) is 0 Å². The molecule has 0 radical (unpaired) electrons. The molecule has 5 heteroatoms. The summed E-state index contributed by atoms with van der Waals surface area (Å²) in [5.41, 5.74) is 6.66. The lowest BCUT2D eigenvalue weighted by molar-refractivity contribution is 0.0739. The third-order valence-electron chi connectivity index (χ3n) is 5.52. The van der Waals surface area contributed by atoms with Crippen molar-refractivity contribution in [3.63, 3.8) is 0 Å². The number of carbonyl (C=O) groups is 1. The number of aromatic nitrogens is 2. The van der Waals surface area contributed by atoms with Crippen molar-refractivity contribution >= 4 is 11.6 Å². The average molecular weight is 350 g/mol. The lowest BCUT2D eigenvalue weighted by atomic mass is 10.1. The van der Waals surface area contributed by atoms with Crippen molar-refractivity contribution in [2.24, 2.45) is 0 Å². The number of benzene rings is 1. The third kappa shape index (κ3) is 3.06. The van der Waals surface area contributed by atoms with Crippen LogP contribution in [-0.4, -0.2) is 47.0 Å². The lowest BCUT2D eigenvalue weighted by Crippen LogP contribution is -2.49. The molecule has 0 spiro atoms. The van der Waals surface area contributed by atoms with Crippen molar-refractivity contribution in [3.05, 3.63) is 52.1 Å². The monoisotopic (exact) mass is 350 g/mol. The van der Waals surface area contributed by atoms with E-state index in [2.05, 4.69) is 46.9 Å². The zero-order valence-electron chi connectivity index (χ0n) is 15.9. The van der Waals surface area contributed by atoms with Crippen LogP contribution in [0.1, 0.15) is 45.1 Å². The highest BCUT2D eigenvalue weighted by molar-refractivity contribution is 5.94. The first-order valence-corrected chi connectivity index (χ1v) is 9.51. The SMILES string of the molecule is Cc1ccc(C)c(N2CCN(C(=O)c3nc(C)nc4c3CCC4)CC2)c1. The van der Waals surface area contributed by atoms with E-state index in [4.69, 9.17) is 0 Å². The lowest BCUT2D eigenvalue weighted by Gasteiger charge is -2.37. The minimum Gasteiger partial charge on any atom is -0.368 e. The molecule has 0 bridgehead atoms. The van der Waals surface area contributed by atoms with Gasteiger partial charge in [0.1, 0.15) is 11.5 Å². The van der Waals surface area contributed by atoms with Gasteiger partial charge in [-0.2, -0.15) is 0 Å². The highest BCUT2D eigenvalue weighted by Gasteiger charge is 2.28. The molecule has 2 heterocycles. The molecule has 4 rings (SSSR count). The smallest absolute Gasteiger partial charge is 0.273 e. The molecule has 1 fully saturated rings. The minimum absolute atomic E-state index is 0.0780. The molecular weight excluding hydrogens is 324 g/mol. The Morgan fingerprint density at radius 1 is 1.00 bits per heavy atom. The van der Waals surface area contributed by atoms with E-state index in [1.807, 2.05) is 11.8 Å². The van der Waals surface area contributed by atoms with Crippen LogP contribution in [0.15, 0.2) is 18.2 Å². The van der Waals surface area contributed by atoms with E-state index < -0.39 is 0 Å². The Labute approximate surface area is 155 Å². The Hall–Kier alpha value is -2.43. The highest BCUT2D eigenvalue weighted by Crippen LogP contribution is 2.26. The van der Waals surface area contributed by atoms with E-state index in [9.17, 15) is 4.79 Å². The van der Waals surface area contributed by atoms with Gasteiger partial charge >= 0.3 is 0 Å². The molecule has 136 valence electrons. The van der Waals surface area contributed by atoms with Crippen molar-refractivity contribution in [3.8, 4) is 0 Å². The largest absolute Gasteiger partial charge is 0.368 e. The molecule has 1 aromatic carbocycles. The summed E-state index contributed by atoms with van der Waals surface area (Å²) in [6.07, 6.45) is 2.98. The van der Waals surface area contributed by atoms with Gasteiger partial charge in [0.05, 0.1) is 0 Å². The zero-order valence-corrected chi connectivity index (χ0v) is 15.9. The fourth-order valence-corrected chi connectivity index (χ4v) is 4.09. The Bertz CT molecular complexity index is 853. The molecule has 1 amide bonds. The maximum Gasteiger partial charge on any atom is 0.273 e. The van der Waals surface area contributed by atoms with E-state index >= 15 is 0 Å². The predicted octanol–water partition coefficient (Wildman–Crippen LogP) is 2.85. The third-order valence-corrected chi connectivity index (χ3v) is 5.52. The van der Waals surface area contributed by atoms with E-state index in [-0.39, 0.29) is 5.91 Å². The van der Waals surface area contributed by atoms with Crippen molar-refractivity contribution < 1.29 is 4.79 Å². The molecule has 1 saturated heterocycles. The first-order chi connectivity index (χ1) is 12.5. The number of fused-ring (bicyclic) bond motifs is 1. The van der Waals surface area contributed by atoms with Crippen molar-refractivity contribution in [1.29, 1.82) is 0 Å². The molecule has 1 aromatic heterocycles. The van der Waals surface area contributed by atoms with Crippen LogP contribution in [0.4, 0.5) is 5.69 Å². The number of nitrogens with zero attached hydrogens (tertiary/aromatic N) is 4. The number of anilines is 1. The summed E-state index contributed by atoms with van der Waals surface area (Å²) in [6.45, 7) is 9.37. The maximum atomic E-state index is 13.1. The van der Waals surface area contributed by atoms with E-state index in [1.54, 1.807) is 0 Å². The Balaban J connectivity index is 1.50. The fraction of sp³-hybridized carbons (Fsp3) is 0.476. The van der Waals surface area contributed by atoms with E-state index in [0.29, 0.717) is 11.5 Å². The van der Waals surface area contributed by atoms with Gasteiger partial charge < -0.3 is 9.80 Å². The summed E-state index contributed by atoms with van der Waals surface area (Å²) in [7, 11) is 0. The van der Waals surface area contributed by atoms with Gasteiger partial charge in [0, 0.05) is 43.1 Å². The number of amides is 1. The number of hydrogen-bond donors (Lipinski definition) is 0. The molecule has 0 saturated carbocycles. The topological polar surface area (TPSA) is 49.3 Å². The summed E-state index contributed by atoms with van der Waals surface area (Å²) in [6, 6.07) is 6.57. The van der Waals surface area contributed by atoms with Gasteiger partial charge in [0.2, 0.25) is 0 Å². The zero-order chi connectivity index (χ0) is 18.3. The van der Waals surface area contributed by atoms with Crippen molar-refractivity contribution in [1.82, 2.24) is 14.9 Å². The van der Waals surface area contributed by atoms with E-state index in [1.165, 1.54) is 16.8 Å². The summed E-state index contributed by atoms with van der Waals surface area (Å²) < 4.78 is 0. The molecule has 1 aliphatic heterocycles. The molecule has 0 unspecified atom stereocenters. The molecule has 2 aliphatic rings. The first-order valence-electron chi connectivity index (χ1n) is 9.51. The van der Waals surface area contributed by atoms with Crippen LogP contribution >= 0.6 is 0 Å². The molecule has 1 aliphatic carbocycles. The van der Waals surface area contributed by atoms with Crippen LogP contribution in [0.25, 0.3) is 0 Å². The van der Waals surface area contributed by atoms with Gasteiger partial charge in [-0.25, -0.2) is 9.97 Å². The van der Waals surface area contributed by atoms with Crippen LogP contribution in [0, 0.1) is 20.8 Å². The number of rotatable bonds is 2. The van der Waals surface area contributed by atoms with Gasteiger partial charge in [0.15, 0.2) is 0 Å². The fourth-order valence-electron chi connectivity index (χ4n) is 4.09. The molecule has 26 heavy (non-hydrogen) atoms. The number of carbonyl (C=O) groups excluding carboxylic acids is 1. The molecule has 5 nitrogen and oxygen atoms in total. The van der Waals surface area contributed by atoms with Gasteiger partial charge in [-0.05, 0) is 57.2 Å². The van der Waals surface area contributed by atoms with Gasteiger partial charge in [-0.1, -0.05) is 12.1 Å². The Kier molecular flexibility index (Phi) is 4.39. The molecule has 0 atom stereocenters. The number of aryl methyl sites for hydroxylation is 4. The second-order valence-electron chi connectivity index (χ2n) is 7.47. The van der Waals surface area contributed by atoms with Crippen LogP contribution < -0.4 is 4.90 Å². The van der Waals surface area contributed by atoms with Crippen LogP contribution in [-0.2, 0) is 12.8 Å². The predicted molar refractivity (Wildman–Crippen MR) is 103 cm³/mol. The number of hydrogen-bond acceptors (Lipinski definition) is 4. The number of piperazine rings is 1. The highest BCUT2D eigenvalue weighted by atomic mass is 16.2. The minimum atomic E-state index is 0.0780. The summed E-state index contributed by atoms with van der Waals surface area (Å²) in [5, 5.41) is 0. The van der Waals surface area contributed by atoms with Crippen molar-refractivity contribution in [2.75, 3.05) is 31.1 Å². The first kappa shape index (κ1) is 17.0. The summed E-state index contributed by atoms with van der Waals surface area (Å²) in [5.74, 6) is 0.789. The van der Waals surface area contributed by atoms with Crippen molar-refractivity contribution in [2.45, 2.75) is 40.0 Å². The molecule has 0 N–H and O–H groups in total. The van der Waals surface area contributed by atoms with Gasteiger partial charge in [-0.15, -0.1) is 0 Å². The Morgan fingerprint density at radius 3 is 2.54 bits per heavy atom. The second kappa shape index (κ2) is 6.71. The standard InChI is InChI=1S/C21H26N4O/c1-14-7-8-15(2)19(13-14)24-9-11-25(12-10-24)21(26)20-17-5-4-6-18(17)22-16(3)23-20/h7-8,13H,4-6,9-12H2,1-3H3. The van der Waals surface area contributed by atoms with E-state index in [0.717, 1.165) is 56.7 Å². The maximum absolute atomic E-state index is 13.1. The summed E-state index contributed by atoms with van der Waals surface area (Å²) >= 11 is 0. The quantitative estimate of drug-likeness (QED) is 0.836. The normalized spacial score (nSPS) is 16.7. The van der Waals surface area contributed by atoms with Gasteiger partial charge in [0.25, 0.3) is 5.91 Å². The van der Waals surface area contributed by atoms with Crippen LogP contribution in [0.2, 0.25) is 0 Å². The van der Waals surface area contributed by atoms with Gasteiger partial charge in [-0.3, -0.25) is 4.79 Å². The molecular formula is C21H26N4O. The average Bonchev–Trinajstić information content (AvgIpc) is 3.11. The summed E-state index contributed by atoms with van der Waals surface area (Å²) in [4.78, 5) is 26.5. The Morgan fingerprint density at radius 2 is 1.77 bits per heavy atom.